The van der Waals surface area contributed by atoms with Gasteiger partial charge in [-0.1, -0.05) is 0 Å². The first kappa shape index (κ1) is 9.34. The molecule has 0 aromatic rings. The van der Waals surface area contributed by atoms with Gasteiger partial charge in [-0.25, -0.2) is 0 Å². The van der Waals surface area contributed by atoms with E-state index in [1.54, 1.807) is 11.8 Å². The summed E-state index contributed by atoms with van der Waals surface area (Å²) in [6, 6.07) is -0.172. The second-order valence-corrected chi connectivity index (χ2v) is 3.49. The molecule has 1 heterocycles. The summed E-state index contributed by atoms with van der Waals surface area (Å²) in [5, 5.41) is 5.41. The van der Waals surface area contributed by atoms with Crippen molar-refractivity contribution in [2.45, 2.75) is 6.04 Å². The molecule has 1 aliphatic rings. The Kier molecular flexibility index (Phi) is 3.36. The maximum Gasteiger partial charge on any atom is 0.238 e. The van der Waals surface area contributed by atoms with Crippen LogP contribution in [0.1, 0.15) is 0 Å². The normalized spacial score (nSPS) is 22.2. The summed E-state index contributed by atoms with van der Waals surface area (Å²) in [5.74, 6) is 0.868. The molecule has 0 aliphatic carbocycles. The van der Waals surface area contributed by atoms with Crippen LogP contribution in [0.3, 0.4) is 0 Å². The van der Waals surface area contributed by atoms with Crippen molar-refractivity contribution in [1.82, 2.24) is 10.6 Å². The van der Waals surface area contributed by atoms with Crippen LogP contribution in [0.5, 0.6) is 0 Å². The van der Waals surface area contributed by atoms with E-state index in [9.17, 15) is 9.59 Å². The molecular weight excluding hydrogens is 178 g/mol. The lowest BCUT2D eigenvalue weighted by Crippen LogP contribution is -2.44. The zero-order valence-corrected chi connectivity index (χ0v) is 7.32. The fourth-order valence-electron chi connectivity index (χ4n) is 0.861. The van der Waals surface area contributed by atoms with Crippen LogP contribution in [0, 0.1) is 0 Å². The third kappa shape index (κ3) is 2.71. The highest BCUT2D eigenvalue weighted by Crippen LogP contribution is 2.08. The van der Waals surface area contributed by atoms with E-state index < -0.39 is 5.91 Å². The molecule has 5 nitrogen and oxygen atoms in total. The van der Waals surface area contributed by atoms with Crippen molar-refractivity contribution < 1.29 is 9.59 Å². The molecule has 1 rings (SSSR count). The van der Waals surface area contributed by atoms with Crippen LogP contribution in [0.2, 0.25) is 0 Å². The van der Waals surface area contributed by atoms with Crippen LogP contribution in [-0.4, -0.2) is 36.0 Å². The van der Waals surface area contributed by atoms with Crippen molar-refractivity contribution in [3.63, 3.8) is 0 Å². The molecule has 1 atom stereocenters. The lowest BCUT2D eigenvalue weighted by atomic mass is 10.3. The van der Waals surface area contributed by atoms with Gasteiger partial charge in [-0.3, -0.25) is 14.9 Å². The molecule has 0 aromatic carbocycles. The second kappa shape index (κ2) is 4.32. The molecule has 4 N–H and O–H groups in total. The zero-order valence-electron chi connectivity index (χ0n) is 6.50. The van der Waals surface area contributed by atoms with E-state index in [0.29, 0.717) is 0 Å². The number of rotatable bonds is 3. The highest BCUT2D eigenvalue weighted by molar-refractivity contribution is 7.99. The van der Waals surface area contributed by atoms with E-state index in [1.165, 1.54) is 0 Å². The molecule has 0 radical (unpaired) electrons. The average Bonchev–Trinajstić information content (AvgIpc) is 2.51. The zero-order chi connectivity index (χ0) is 8.97. The Morgan fingerprint density at radius 1 is 1.67 bits per heavy atom. The Balaban J connectivity index is 2.23. The van der Waals surface area contributed by atoms with E-state index in [-0.39, 0.29) is 18.5 Å². The minimum Gasteiger partial charge on any atom is -0.368 e. The van der Waals surface area contributed by atoms with Crippen molar-refractivity contribution in [3.05, 3.63) is 0 Å². The van der Waals surface area contributed by atoms with Gasteiger partial charge in [0.05, 0.1) is 12.6 Å². The summed E-state index contributed by atoms with van der Waals surface area (Å²) >= 11 is 1.66. The summed E-state index contributed by atoms with van der Waals surface area (Å²) in [5.41, 5.74) is 4.86. The number of amides is 2. The Bertz CT molecular complexity index is 191. The fraction of sp³-hybridized carbons (Fsp3) is 0.667. The Morgan fingerprint density at radius 3 is 2.92 bits per heavy atom. The fourth-order valence-corrected chi connectivity index (χ4v) is 1.80. The molecule has 0 saturated carbocycles. The van der Waals surface area contributed by atoms with Gasteiger partial charge in [0, 0.05) is 11.6 Å². The minimum absolute atomic E-state index is 0.0817. The van der Waals surface area contributed by atoms with Gasteiger partial charge in [-0.05, 0) is 0 Å². The predicted octanol–water partition coefficient (Wildman–Crippen LogP) is -1.75. The van der Waals surface area contributed by atoms with Gasteiger partial charge in [0.2, 0.25) is 11.8 Å². The molecular formula is C6H11N3O2S. The quantitative estimate of drug-likeness (QED) is 0.491. The molecule has 6 heteroatoms. The molecule has 0 bridgehead atoms. The van der Waals surface area contributed by atoms with Crippen LogP contribution >= 0.6 is 11.8 Å². The van der Waals surface area contributed by atoms with Crippen LogP contribution in [0.15, 0.2) is 0 Å². The smallest absolute Gasteiger partial charge is 0.238 e. The van der Waals surface area contributed by atoms with E-state index in [2.05, 4.69) is 10.6 Å². The molecule has 1 saturated heterocycles. The lowest BCUT2D eigenvalue weighted by Gasteiger charge is -2.08. The van der Waals surface area contributed by atoms with E-state index in [0.717, 1.165) is 11.6 Å². The largest absolute Gasteiger partial charge is 0.368 e. The van der Waals surface area contributed by atoms with Crippen molar-refractivity contribution in [2.75, 3.05) is 18.2 Å². The van der Waals surface area contributed by atoms with Crippen molar-refractivity contribution >= 4 is 23.6 Å². The summed E-state index contributed by atoms with van der Waals surface area (Å²) in [6.45, 7) is -0.0817. The predicted molar refractivity (Wildman–Crippen MR) is 46.5 cm³/mol. The van der Waals surface area contributed by atoms with Gasteiger partial charge in [-0.2, -0.15) is 0 Å². The van der Waals surface area contributed by atoms with E-state index in [1.807, 2.05) is 0 Å². The molecule has 68 valence electrons. The maximum atomic E-state index is 11.2. The van der Waals surface area contributed by atoms with Crippen molar-refractivity contribution in [2.24, 2.45) is 5.73 Å². The van der Waals surface area contributed by atoms with Gasteiger partial charge in [0.25, 0.3) is 0 Å². The Morgan fingerprint density at radius 2 is 2.42 bits per heavy atom. The molecule has 1 unspecified atom stereocenters. The summed E-state index contributed by atoms with van der Waals surface area (Å²) in [4.78, 5) is 21.5. The first-order valence-electron chi connectivity index (χ1n) is 3.57. The molecule has 1 fully saturated rings. The third-order valence-electron chi connectivity index (χ3n) is 1.47. The third-order valence-corrected chi connectivity index (χ3v) is 2.41. The summed E-state index contributed by atoms with van der Waals surface area (Å²) < 4.78 is 0. The topological polar surface area (TPSA) is 84.2 Å². The Hall–Kier alpha value is -0.750. The van der Waals surface area contributed by atoms with Crippen LogP contribution in [-0.2, 0) is 9.59 Å². The first-order chi connectivity index (χ1) is 5.70. The van der Waals surface area contributed by atoms with Gasteiger partial charge < -0.3 is 11.1 Å². The Labute approximate surface area is 74.4 Å². The van der Waals surface area contributed by atoms with E-state index in [4.69, 9.17) is 5.73 Å². The number of nitrogens with two attached hydrogens (primary N) is 1. The number of thioether (sulfide) groups is 1. The molecule has 12 heavy (non-hydrogen) atoms. The average molecular weight is 189 g/mol. The number of nitrogens with one attached hydrogen (secondary N) is 2. The molecule has 0 spiro atoms. The first-order valence-corrected chi connectivity index (χ1v) is 4.73. The standard InChI is InChI=1S/C6H11N3O2S/c7-5(10)1-8-6(11)4-2-12-3-9-4/h4,9H,1-3H2,(H2,7,10)(H,8,11). The number of carbonyl (C=O) groups excluding carboxylic acids is 2. The summed E-state index contributed by atoms with van der Waals surface area (Å²) in [6.07, 6.45) is 0. The van der Waals surface area contributed by atoms with Gasteiger partial charge in [0.15, 0.2) is 0 Å². The van der Waals surface area contributed by atoms with Crippen LogP contribution < -0.4 is 16.4 Å². The highest BCUT2D eigenvalue weighted by atomic mass is 32.2. The number of hydrogen-bond donors (Lipinski definition) is 3. The number of hydrogen-bond acceptors (Lipinski definition) is 4. The molecule has 1 aliphatic heterocycles. The van der Waals surface area contributed by atoms with Crippen molar-refractivity contribution in [3.8, 4) is 0 Å². The van der Waals surface area contributed by atoms with Crippen LogP contribution in [0.4, 0.5) is 0 Å². The van der Waals surface area contributed by atoms with Gasteiger partial charge in [-0.15, -0.1) is 11.8 Å². The van der Waals surface area contributed by atoms with E-state index >= 15 is 0 Å². The monoisotopic (exact) mass is 189 g/mol. The molecule has 0 aromatic heterocycles. The van der Waals surface area contributed by atoms with Crippen molar-refractivity contribution in [1.29, 1.82) is 0 Å². The number of carbonyl (C=O) groups is 2. The highest BCUT2D eigenvalue weighted by Gasteiger charge is 2.21. The van der Waals surface area contributed by atoms with Gasteiger partial charge >= 0.3 is 0 Å². The maximum absolute atomic E-state index is 11.2. The molecule has 2 amide bonds. The number of primary amides is 1. The SMILES string of the molecule is NC(=O)CNC(=O)C1CSCN1. The summed E-state index contributed by atoms with van der Waals surface area (Å²) in [7, 11) is 0. The lowest BCUT2D eigenvalue weighted by molar-refractivity contribution is -0.125. The second-order valence-electron chi connectivity index (χ2n) is 2.46. The van der Waals surface area contributed by atoms with Crippen LogP contribution in [0.25, 0.3) is 0 Å². The van der Waals surface area contributed by atoms with Gasteiger partial charge in [0.1, 0.15) is 0 Å². The minimum atomic E-state index is -0.519.